The van der Waals surface area contributed by atoms with Gasteiger partial charge in [-0.2, -0.15) is 0 Å². The van der Waals surface area contributed by atoms with Gasteiger partial charge >= 0.3 is 0 Å². The fourth-order valence-corrected chi connectivity index (χ4v) is 2.94. The van der Waals surface area contributed by atoms with E-state index in [0.717, 1.165) is 45.4 Å². The molecule has 106 valence electrons. The molecule has 18 heavy (non-hydrogen) atoms. The highest BCUT2D eigenvalue weighted by molar-refractivity contribution is 4.85. The minimum Gasteiger partial charge on any atom is -0.383 e. The smallest absolute Gasteiger partial charge is 0.0628 e. The third kappa shape index (κ3) is 3.67. The van der Waals surface area contributed by atoms with Crippen LogP contribution in [0, 0.1) is 0 Å². The minimum absolute atomic E-state index is 0.439. The van der Waals surface area contributed by atoms with Gasteiger partial charge in [0.2, 0.25) is 0 Å². The van der Waals surface area contributed by atoms with Gasteiger partial charge in [0.15, 0.2) is 0 Å². The van der Waals surface area contributed by atoms with Crippen molar-refractivity contribution in [3.8, 4) is 0 Å². The van der Waals surface area contributed by atoms with Crippen molar-refractivity contribution in [1.29, 1.82) is 0 Å². The zero-order valence-corrected chi connectivity index (χ0v) is 11.9. The predicted octanol–water partition coefficient (Wildman–Crippen LogP) is 1.68. The molecule has 2 rings (SSSR count). The molecule has 1 saturated carbocycles. The number of methoxy groups -OCH3 is 2. The van der Waals surface area contributed by atoms with Crippen LogP contribution < -0.4 is 0 Å². The summed E-state index contributed by atoms with van der Waals surface area (Å²) < 4.78 is 16.6. The molecule has 0 aromatic rings. The summed E-state index contributed by atoms with van der Waals surface area (Å²) in [4.78, 5) is 2.50. The molecule has 0 aromatic heterocycles. The summed E-state index contributed by atoms with van der Waals surface area (Å²) in [6.45, 7) is 5.30. The lowest BCUT2D eigenvalue weighted by atomic mass is 9.91. The minimum atomic E-state index is 0.439. The Hall–Kier alpha value is -0.160. The maximum atomic E-state index is 6.14. The first-order valence-corrected chi connectivity index (χ1v) is 7.14. The highest BCUT2D eigenvalue weighted by Crippen LogP contribution is 2.30. The molecule has 2 unspecified atom stereocenters. The Bertz CT molecular complexity index is 243. The van der Waals surface area contributed by atoms with Gasteiger partial charge in [-0.15, -0.1) is 0 Å². The van der Waals surface area contributed by atoms with E-state index in [1.807, 2.05) is 0 Å². The summed E-state index contributed by atoms with van der Waals surface area (Å²) in [5, 5.41) is 0. The van der Waals surface area contributed by atoms with Gasteiger partial charge in [-0.25, -0.2) is 0 Å². The molecular formula is C14H27NO3. The van der Waals surface area contributed by atoms with Crippen molar-refractivity contribution in [3.63, 3.8) is 0 Å². The van der Waals surface area contributed by atoms with Gasteiger partial charge < -0.3 is 14.2 Å². The predicted molar refractivity (Wildman–Crippen MR) is 70.8 cm³/mol. The molecule has 0 amide bonds. The average Bonchev–Trinajstić information content (AvgIpc) is 2.32. The van der Waals surface area contributed by atoms with Gasteiger partial charge in [-0.1, -0.05) is 0 Å². The molecule has 0 radical (unpaired) electrons. The molecule has 0 spiro atoms. The molecule has 2 fully saturated rings. The first-order chi connectivity index (χ1) is 8.72. The highest BCUT2D eigenvalue weighted by Gasteiger charge is 2.34. The van der Waals surface area contributed by atoms with Crippen molar-refractivity contribution in [2.45, 2.75) is 57.0 Å². The Morgan fingerprint density at radius 2 is 1.83 bits per heavy atom. The molecule has 1 heterocycles. The van der Waals surface area contributed by atoms with Gasteiger partial charge in [0.05, 0.1) is 24.9 Å². The van der Waals surface area contributed by atoms with Crippen molar-refractivity contribution in [1.82, 2.24) is 4.90 Å². The second-order valence-corrected chi connectivity index (χ2v) is 5.61. The van der Waals surface area contributed by atoms with E-state index >= 15 is 0 Å². The van der Waals surface area contributed by atoms with Crippen molar-refractivity contribution >= 4 is 0 Å². The Kier molecular flexibility index (Phi) is 5.42. The van der Waals surface area contributed by atoms with E-state index < -0.39 is 0 Å². The second kappa shape index (κ2) is 6.85. The van der Waals surface area contributed by atoms with Crippen molar-refractivity contribution in [3.05, 3.63) is 0 Å². The first-order valence-electron chi connectivity index (χ1n) is 7.14. The van der Waals surface area contributed by atoms with Crippen molar-refractivity contribution in [2.75, 3.05) is 33.9 Å². The van der Waals surface area contributed by atoms with Crippen LogP contribution in [0.15, 0.2) is 0 Å². The van der Waals surface area contributed by atoms with E-state index in [4.69, 9.17) is 14.2 Å². The number of ether oxygens (including phenoxy) is 3. The quantitative estimate of drug-likeness (QED) is 0.724. The second-order valence-electron chi connectivity index (χ2n) is 5.61. The number of hydrogen-bond acceptors (Lipinski definition) is 4. The van der Waals surface area contributed by atoms with E-state index in [9.17, 15) is 0 Å². The summed E-state index contributed by atoms with van der Waals surface area (Å²) >= 11 is 0. The number of likely N-dealkylation sites (tertiary alicyclic amines) is 1. The van der Waals surface area contributed by atoms with Gasteiger partial charge in [-0.05, 0) is 32.6 Å². The fraction of sp³-hybridized carbons (Fsp3) is 1.00. The van der Waals surface area contributed by atoms with E-state index in [-0.39, 0.29) is 0 Å². The Morgan fingerprint density at radius 3 is 2.44 bits per heavy atom. The third-order valence-electron chi connectivity index (χ3n) is 4.32. The highest BCUT2D eigenvalue weighted by atomic mass is 16.5. The molecule has 4 nitrogen and oxygen atoms in total. The summed E-state index contributed by atoms with van der Waals surface area (Å²) in [6, 6.07) is 0.609. The van der Waals surface area contributed by atoms with Crippen LogP contribution in [0.2, 0.25) is 0 Å². The van der Waals surface area contributed by atoms with Crippen LogP contribution in [-0.2, 0) is 14.2 Å². The van der Waals surface area contributed by atoms with Crippen LogP contribution in [-0.4, -0.2) is 63.2 Å². The number of piperidine rings is 1. The van der Waals surface area contributed by atoms with Crippen molar-refractivity contribution in [2.24, 2.45) is 0 Å². The zero-order valence-electron chi connectivity index (χ0n) is 11.9. The molecule has 1 aliphatic heterocycles. The van der Waals surface area contributed by atoms with Crippen LogP contribution in [0.25, 0.3) is 0 Å². The molecular weight excluding hydrogens is 230 g/mol. The fourth-order valence-electron chi connectivity index (χ4n) is 2.94. The van der Waals surface area contributed by atoms with E-state index in [1.165, 1.54) is 0 Å². The zero-order chi connectivity index (χ0) is 13.0. The maximum Gasteiger partial charge on any atom is 0.0628 e. The molecule has 2 aliphatic rings. The molecule has 2 atom stereocenters. The van der Waals surface area contributed by atoms with Gasteiger partial charge in [0, 0.05) is 33.4 Å². The average molecular weight is 257 g/mol. The van der Waals surface area contributed by atoms with E-state index in [1.54, 1.807) is 14.2 Å². The van der Waals surface area contributed by atoms with Crippen LogP contribution in [0.3, 0.4) is 0 Å². The molecule has 0 aromatic carbocycles. The first kappa shape index (κ1) is 14.3. The monoisotopic (exact) mass is 257 g/mol. The largest absolute Gasteiger partial charge is 0.383 e. The van der Waals surface area contributed by atoms with Crippen LogP contribution in [0.4, 0.5) is 0 Å². The van der Waals surface area contributed by atoms with Crippen molar-refractivity contribution < 1.29 is 14.2 Å². The van der Waals surface area contributed by atoms with E-state index in [2.05, 4.69) is 11.8 Å². The SMILES string of the molecule is COCCN1CCC(OC2CC(OC)C2)CC1C. The Balaban J connectivity index is 1.65. The molecule has 0 bridgehead atoms. The number of nitrogens with zero attached hydrogens (tertiary/aromatic N) is 1. The van der Waals surface area contributed by atoms with Crippen LogP contribution in [0.5, 0.6) is 0 Å². The molecule has 0 N–H and O–H groups in total. The molecule has 4 heteroatoms. The lowest BCUT2D eigenvalue weighted by molar-refractivity contribution is -0.131. The standard InChI is InChI=1S/C14H27NO3/c1-11-8-12(4-5-15(11)6-7-16-2)18-14-9-13(10-14)17-3/h11-14H,4-10H2,1-3H3. The van der Waals surface area contributed by atoms with E-state index in [0.29, 0.717) is 24.4 Å². The Morgan fingerprint density at radius 1 is 1.06 bits per heavy atom. The van der Waals surface area contributed by atoms with Gasteiger partial charge in [0.25, 0.3) is 0 Å². The summed E-state index contributed by atoms with van der Waals surface area (Å²) in [5.74, 6) is 0. The summed E-state index contributed by atoms with van der Waals surface area (Å²) in [7, 11) is 3.56. The third-order valence-corrected chi connectivity index (χ3v) is 4.32. The lowest BCUT2D eigenvalue weighted by Gasteiger charge is -2.41. The van der Waals surface area contributed by atoms with Crippen LogP contribution in [0.1, 0.15) is 32.6 Å². The number of hydrogen-bond donors (Lipinski definition) is 0. The normalized spacial score (nSPS) is 37.5. The summed E-state index contributed by atoms with van der Waals surface area (Å²) in [6.07, 6.45) is 5.79. The topological polar surface area (TPSA) is 30.9 Å². The lowest BCUT2D eigenvalue weighted by Crippen LogP contribution is -2.47. The molecule has 1 aliphatic carbocycles. The van der Waals surface area contributed by atoms with Gasteiger partial charge in [-0.3, -0.25) is 4.90 Å². The van der Waals surface area contributed by atoms with Gasteiger partial charge in [0.1, 0.15) is 0 Å². The molecule has 1 saturated heterocycles. The summed E-state index contributed by atoms with van der Waals surface area (Å²) in [5.41, 5.74) is 0. The Labute approximate surface area is 111 Å². The number of rotatable bonds is 6. The maximum absolute atomic E-state index is 6.14. The van der Waals surface area contributed by atoms with Crippen LogP contribution >= 0.6 is 0 Å².